The Morgan fingerprint density at radius 2 is 1.37 bits per heavy atom. The van der Waals surface area contributed by atoms with Crippen molar-refractivity contribution in [2.24, 2.45) is 5.73 Å². The zero-order valence-electron chi connectivity index (χ0n) is 15.3. The van der Waals surface area contributed by atoms with Crippen LogP contribution in [-0.2, 0) is 24.0 Å². The Labute approximate surface area is 155 Å². The highest BCUT2D eigenvalue weighted by molar-refractivity contribution is 5.94. The second-order valence-electron chi connectivity index (χ2n) is 6.06. The van der Waals surface area contributed by atoms with Gasteiger partial charge in [-0.25, -0.2) is 0 Å². The number of aliphatic hydroxyl groups is 1. The lowest BCUT2D eigenvalue weighted by atomic mass is 10.1. The largest absolute Gasteiger partial charge is 0.481 e. The van der Waals surface area contributed by atoms with E-state index >= 15 is 0 Å². The van der Waals surface area contributed by atoms with Crippen LogP contribution in [0, 0.1) is 0 Å². The highest BCUT2D eigenvalue weighted by Crippen LogP contribution is 1.99. The van der Waals surface area contributed by atoms with Crippen molar-refractivity contribution in [1.29, 1.82) is 0 Å². The molecule has 0 saturated heterocycles. The topological polar surface area (TPSA) is 208 Å². The minimum Gasteiger partial charge on any atom is -0.481 e. The van der Waals surface area contributed by atoms with Gasteiger partial charge in [0.05, 0.1) is 12.1 Å². The molecule has 0 aliphatic heterocycles. The first-order chi connectivity index (χ1) is 12.4. The summed E-state index contributed by atoms with van der Waals surface area (Å²) in [4.78, 5) is 57.3. The first-order valence-corrected chi connectivity index (χ1v) is 8.16. The predicted molar refractivity (Wildman–Crippen MR) is 91.3 cm³/mol. The smallest absolute Gasteiger partial charge is 0.325 e. The number of hydrogen-bond donors (Lipinski definition) is 7. The van der Waals surface area contributed by atoms with Crippen LogP contribution in [0.1, 0.15) is 33.6 Å². The summed E-state index contributed by atoms with van der Waals surface area (Å²) in [5.74, 6) is -4.90. The van der Waals surface area contributed by atoms with Crippen LogP contribution in [0.15, 0.2) is 0 Å². The lowest BCUT2D eigenvalue weighted by Crippen LogP contribution is -2.59. The van der Waals surface area contributed by atoms with Crippen molar-refractivity contribution in [3.05, 3.63) is 0 Å². The predicted octanol–water partition coefficient (Wildman–Crippen LogP) is -2.86. The van der Waals surface area contributed by atoms with Gasteiger partial charge in [-0.15, -0.1) is 0 Å². The fourth-order valence-electron chi connectivity index (χ4n) is 1.84. The average Bonchev–Trinajstić information content (AvgIpc) is 2.56. The van der Waals surface area contributed by atoms with Gasteiger partial charge in [0.1, 0.15) is 18.1 Å². The maximum Gasteiger partial charge on any atom is 0.325 e. The van der Waals surface area contributed by atoms with Crippen molar-refractivity contribution >= 4 is 29.7 Å². The summed E-state index contributed by atoms with van der Waals surface area (Å²) < 4.78 is 0. The Kier molecular flexibility index (Phi) is 9.96. The van der Waals surface area contributed by atoms with Crippen molar-refractivity contribution in [1.82, 2.24) is 16.0 Å². The zero-order chi connectivity index (χ0) is 21.3. The number of hydrogen-bond acceptors (Lipinski definition) is 7. The molecule has 27 heavy (non-hydrogen) atoms. The number of nitrogens with one attached hydrogen (secondary N) is 3. The number of aliphatic hydroxyl groups excluding tert-OH is 1. The Hall–Kier alpha value is -2.73. The molecule has 0 bridgehead atoms. The second kappa shape index (κ2) is 11.1. The lowest BCUT2D eigenvalue weighted by Gasteiger charge is -2.24. The summed E-state index contributed by atoms with van der Waals surface area (Å²) in [5.41, 5.74) is 5.53. The summed E-state index contributed by atoms with van der Waals surface area (Å²) in [6.45, 7) is 3.73. The van der Waals surface area contributed by atoms with E-state index in [-0.39, 0.29) is 12.8 Å². The maximum absolute atomic E-state index is 12.1. The van der Waals surface area contributed by atoms with E-state index < -0.39 is 59.9 Å². The molecule has 3 amide bonds. The molecule has 0 spiro atoms. The van der Waals surface area contributed by atoms with Crippen LogP contribution >= 0.6 is 0 Å². The molecular weight excluding hydrogens is 364 g/mol. The Morgan fingerprint density at radius 3 is 1.81 bits per heavy atom. The van der Waals surface area contributed by atoms with Gasteiger partial charge >= 0.3 is 11.9 Å². The molecule has 0 radical (unpaired) electrons. The third-order valence-corrected chi connectivity index (χ3v) is 3.55. The van der Waals surface area contributed by atoms with Crippen LogP contribution < -0.4 is 21.7 Å². The second-order valence-corrected chi connectivity index (χ2v) is 6.06. The minimum atomic E-state index is -1.45. The molecule has 0 saturated carbocycles. The molecule has 0 fully saturated rings. The number of amides is 3. The van der Waals surface area contributed by atoms with E-state index in [0.29, 0.717) is 0 Å². The summed E-state index contributed by atoms with van der Waals surface area (Å²) in [6, 6.07) is -4.96. The van der Waals surface area contributed by atoms with E-state index in [0.717, 1.165) is 0 Å². The molecule has 5 atom stereocenters. The van der Waals surface area contributed by atoms with Crippen LogP contribution in [0.2, 0.25) is 0 Å². The molecule has 12 nitrogen and oxygen atoms in total. The Balaban J connectivity index is 4.79. The number of carboxylic acids is 2. The summed E-state index contributed by atoms with van der Waals surface area (Å²) in [5, 5.41) is 33.6. The van der Waals surface area contributed by atoms with Crippen LogP contribution in [0.4, 0.5) is 0 Å². The third-order valence-electron chi connectivity index (χ3n) is 3.55. The van der Waals surface area contributed by atoms with Crippen LogP contribution in [0.25, 0.3) is 0 Å². The molecular formula is C15H26N4O8. The highest BCUT2D eigenvalue weighted by Gasteiger charge is 2.30. The van der Waals surface area contributed by atoms with E-state index in [1.807, 2.05) is 0 Å². The van der Waals surface area contributed by atoms with E-state index in [4.69, 9.17) is 15.9 Å². The van der Waals surface area contributed by atoms with E-state index in [1.165, 1.54) is 20.8 Å². The Morgan fingerprint density at radius 1 is 0.852 bits per heavy atom. The molecule has 0 rings (SSSR count). The maximum atomic E-state index is 12.1. The highest BCUT2D eigenvalue weighted by atomic mass is 16.4. The van der Waals surface area contributed by atoms with Crippen LogP contribution in [0.5, 0.6) is 0 Å². The first kappa shape index (κ1) is 24.3. The summed E-state index contributed by atoms with van der Waals surface area (Å²) in [7, 11) is 0. The molecule has 5 unspecified atom stereocenters. The standard InChI is InChI=1S/C15H26N4O8/c1-6(17-13(24)9(16)4-5-10(21)22)12(23)19-11(8(3)20)14(25)18-7(2)15(26)27/h6-9,11,20H,4-5,16H2,1-3H3,(H,17,24)(H,18,25)(H,19,23)(H,21,22)(H,26,27). The van der Waals surface area contributed by atoms with Crippen molar-refractivity contribution in [2.75, 3.05) is 0 Å². The number of aliphatic carboxylic acids is 2. The van der Waals surface area contributed by atoms with Crippen LogP contribution in [-0.4, -0.2) is 75.3 Å². The monoisotopic (exact) mass is 390 g/mol. The van der Waals surface area contributed by atoms with Gasteiger partial charge < -0.3 is 37.0 Å². The molecule has 12 heteroatoms. The van der Waals surface area contributed by atoms with Crippen molar-refractivity contribution in [3.8, 4) is 0 Å². The van der Waals surface area contributed by atoms with Gasteiger partial charge in [0.15, 0.2) is 0 Å². The van der Waals surface area contributed by atoms with Gasteiger partial charge in [-0.05, 0) is 27.2 Å². The third kappa shape index (κ3) is 8.96. The molecule has 8 N–H and O–H groups in total. The minimum absolute atomic E-state index is 0.124. The molecule has 0 aromatic heterocycles. The van der Waals surface area contributed by atoms with Gasteiger partial charge in [-0.1, -0.05) is 0 Å². The van der Waals surface area contributed by atoms with Gasteiger partial charge in [-0.2, -0.15) is 0 Å². The van der Waals surface area contributed by atoms with Crippen molar-refractivity contribution < 1.29 is 39.3 Å². The average molecular weight is 390 g/mol. The van der Waals surface area contributed by atoms with Crippen molar-refractivity contribution in [3.63, 3.8) is 0 Å². The van der Waals surface area contributed by atoms with E-state index in [2.05, 4.69) is 16.0 Å². The number of rotatable bonds is 11. The SMILES string of the molecule is CC(NC(=O)C(NC(=O)C(C)NC(=O)C(N)CCC(=O)O)C(C)O)C(=O)O. The fourth-order valence-corrected chi connectivity index (χ4v) is 1.84. The van der Waals surface area contributed by atoms with Crippen molar-refractivity contribution in [2.45, 2.75) is 63.9 Å². The zero-order valence-corrected chi connectivity index (χ0v) is 15.3. The number of nitrogens with two attached hydrogens (primary N) is 1. The normalized spacial score (nSPS) is 16.2. The van der Waals surface area contributed by atoms with Gasteiger partial charge in [0.25, 0.3) is 0 Å². The number of carbonyl (C=O) groups excluding carboxylic acids is 3. The molecule has 0 aromatic rings. The fraction of sp³-hybridized carbons (Fsp3) is 0.667. The molecule has 0 aliphatic rings. The van der Waals surface area contributed by atoms with Crippen LogP contribution in [0.3, 0.4) is 0 Å². The molecule has 0 aliphatic carbocycles. The summed E-state index contributed by atoms with van der Waals surface area (Å²) >= 11 is 0. The number of carbonyl (C=O) groups is 5. The first-order valence-electron chi connectivity index (χ1n) is 8.16. The Bertz CT molecular complexity index is 580. The van der Waals surface area contributed by atoms with Gasteiger partial charge in [0.2, 0.25) is 17.7 Å². The number of carboxylic acid groups (broad SMARTS) is 2. The summed E-state index contributed by atoms with van der Waals surface area (Å²) in [6.07, 6.45) is -1.78. The molecule has 0 aromatic carbocycles. The van der Waals surface area contributed by atoms with E-state index in [1.54, 1.807) is 0 Å². The van der Waals surface area contributed by atoms with E-state index in [9.17, 15) is 29.1 Å². The molecule has 0 heterocycles. The quantitative estimate of drug-likeness (QED) is 0.193. The molecule has 154 valence electrons. The lowest BCUT2D eigenvalue weighted by molar-refractivity contribution is -0.142. The van der Waals surface area contributed by atoms with Gasteiger partial charge in [0, 0.05) is 6.42 Å². The van der Waals surface area contributed by atoms with Gasteiger partial charge in [-0.3, -0.25) is 24.0 Å².